The Balaban J connectivity index is 0.00000225. The van der Waals surface area contributed by atoms with Gasteiger partial charge in [0.05, 0.1) is 4.92 Å². The summed E-state index contributed by atoms with van der Waals surface area (Å²) < 4.78 is 0. The first-order valence-electron chi connectivity index (χ1n) is 4.36. The van der Waals surface area contributed by atoms with Gasteiger partial charge in [-0.15, -0.1) is 19.0 Å². The van der Waals surface area contributed by atoms with Crippen molar-refractivity contribution in [2.45, 2.75) is 12.5 Å². The molecule has 0 spiro atoms. The third-order valence-electron chi connectivity index (χ3n) is 2.01. The van der Waals surface area contributed by atoms with E-state index in [0.29, 0.717) is 17.0 Å². The quantitative estimate of drug-likeness (QED) is 0.515. The summed E-state index contributed by atoms with van der Waals surface area (Å²) in [7, 11) is 0. The second-order valence-corrected chi connectivity index (χ2v) is 3.53. The van der Waals surface area contributed by atoms with E-state index < -0.39 is 11.0 Å². The van der Waals surface area contributed by atoms with E-state index in [-0.39, 0.29) is 18.1 Å². The maximum absolute atomic E-state index is 10.7. The van der Waals surface area contributed by atoms with Crippen LogP contribution in [0.4, 0.5) is 5.69 Å². The Morgan fingerprint density at radius 1 is 1.62 bits per heavy atom. The number of nitro benzene ring substituents is 1. The number of benzene rings is 1. The first-order chi connectivity index (χ1) is 7.06. The maximum atomic E-state index is 10.7. The van der Waals surface area contributed by atoms with Crippen molar-refractivity contribution in [1.82, 2.24) is 0 Å². The number of nitrogens with two attached hydrogens (primary N) is 1. The van der Waals surface area contributed by atoms with Crippen LogP contribution in [0.3, 0.4) is 0 Å². The van der Waals surface area contributed by atoms with Crippen LogP contribution in [0.1, 0.15) is 18.0 Å². The Hall–Kier alpha value is -1.10. The van der Waals surface area contributed by atoms with Crippen molar-refractivity contribution in [3.8, 4) is 0 Å². The number of nitrogens with zero attached hydrogens (tertiary/aromatic N) is 1. The number of hydrogen-bond acceptors (Lipinski definition) is 3. The van der Waals surface area contributed by atoms with Crippen molar-refractivity contribution in [3.63, 3.8) is 0 Å². The molecule has 0 saturated heterocycles. The third-order valence-corrected chi connectivity index (χ3v) is 2.24. The molecule has 1 rings (SSSR count). The summed E-state index contributed by atoms with van der Waals surface area (Å²) >= 11 is 5.76. The van der Waals surface area contributed by atoms with E-state index >= 15 is 0 Å². The topological polar surface area (TPSA) is 69.2 Å². The Bertz CT molecular complexity index is 396. The first-order valence-corrected chi connectivity index (χ1v) is 4.74. The van der Waals surface area contributed by atoms with Gasteiger partial charge in [0.1, 0.15) is 0 Å². The lowest BCUT2D eigenvalue weighted by molar-refractivity contribution is -0.385. The van der Waals surface area contributed by atoms with Gasteiger partial charge in [0.2, 0.25) is 0 Å². The molecule has 0 saturated carbocycles. The van der Waals surface area contributed by atoms with Crippen LogP contribution in [0.25, 0.3) is 0 Å². The summed E-state index contributed by atoms with van der Waals surface area (Å²) in [6.45, 7) is 3.54. The molecule has 0 aliphatic rings. The third kappa shape index (κ3) is 3.48. The van der Waals surface area contributed by atoms with E-state index in [1.807, 2.05) is 0 Å². The van der Waals surface area contributed by atoms with Gasteiger partial charge in [-0.05, 0) is 18.6 Å². The molecule has 0 aliphatic heterocycles. The van der Waals surface area contributed by atoms with Gasteiger partial charge >= 0.3 is 0 Å². The van der Waals surface area contributed by atoms with Crippen molar-refractivity contribution in [3.05, 3.63) is 51.6 Å². The van der Waals surface area contributed by atoms with Crippen LogP contribution in [-0.2, 0) is 0 Å². The van der Waals surface area contributed by atoms with E-state index in [9.17, 15) is 10.1 Å². The molecule has 1 aromatic rings. The zero-order valence-corrected chi connectivity index (χ0v) is 10.0. The van der Waals surface area contributed by atoms with Crippen LogP contribution in [-0.4, -0.2) is 4.92 Å². The lowest BCUT2D eigenvalue weighted by Gasteiger charge is -2.10. The fraction of sp³-hybridized carbons (Fsp3) is 0.200. The van der Waals surface area contributed by atoms with Gasteiger partial charge in [-0.1, -0.05) is 17.7 Å². The molecule has 0 amide bonds. The lowest BCUT2D eigenvalue weighted by atomic mass is 10.0. The molecule has 1 atom stereocenters. The van der Waals surface area contributed by atoms with Gasteiger partial charge in [-0.3, -0.25) is 10.1 Å². The van der Waals surface area contributed by atoms with Gasteiger partial charge in [0.25, 0.3) is 5.69 Å². The SMILES string of the molecule is C=CC[C@@H](N)c1cc(Cl)ccc1[N+](=O)[O-].Cl. The Labute approximate surface area is 105 Å². The van der Waals surface area contributed by atoms with Crippen LogP contribution in [0.5, 0.6) is 0 Å². The molecule has 0 unspecified atom stereocenters. The molecular weight excluding hydrogens is 251 g/mol. The Morgan fingerprint density at radius 3 is 2.75 bits per heavy atom. The largest absolute Gasteiger partial charge is 0.323 e. The fourth-order valence-corrected chi connectivity index (χ4v) is 1.48. The molecule has 4 nitrogen and oxygen atoms in total. The smallest absolute Gasteiger partial charge is 0.274 e. The van der Waals surface area contributed by atoms with Crippen LogP contribution in [0.2, 0.25) is 5.02 Å². The summed E-state index contributed by atoms with van der Waals surface area (Å²) in [5.41, 5.74) is 6.21. The summed E-state index contributed by atoms with van der Waals surface area (Å²) in [5.74, 6) is 0. The highest BCUT2D eigenvalue weighted by Crippen LogP contribution is 2.28. The van der Waals surface area contributed by atoms with Crippen LogP contribution >= 0.6 is 24.0 Å². The predicted octanol–water partition coefficient (Wildman–Crippen LogP) is 3.25. The second-order valence-electron chi connectivity index (χ2n) is 3.09. The molecule has 0 radical (unpaired) electrons. The minimum absolute atomic E-state index is 0. The summed E-state index contributed by atoms with van der Waals surface area (Å²) in [5, 5.41) is 11.2. The Kier molecular flexibility index (Phi) is 6.03. The van der Waals surface area contributed by atoms with E-state index in [2.05, 4.69) is 6.58 Å². The van der Waals surface area contributed by atoms with Crippen molar-refractivity contribution in [2.24, 2.45) is 5.73 Å². The zero-order valence-electron chi connectivity index (χ0n) is 8.43. The van der Waals surface area contributed by atoms with Crippen LogP contribution in [0, 0.1) is 10.1 Å². The number of hydrogen-bond donors (Lipinski definition) is 1. The standard InChI is InChI=1S/C10H11ClN2O2.ClH/c1-2-3-9(12)8-6-7(11)4-5-10(8)13(14)15;/h2,4-6,9H,1,3,12H2;1H/t9-;/m1./s1. The second kappa shape index (κ2) is 6.48. The van der Waals surface area contributed by atoms with Gasteiger partial charge in [0.15, 0.2) is 0 Å². The molecule has 16 heavy (non-hydrogen) atoms. The fourth-order valence-electron chi connectivity index (χ4n) is 1.30. The molecule has 0 heterocycles. The van der Waals surface area contributed by atoms with E-state index in [4.69, 9.17) is 17.3 Å². The molecule has 88 valence electrons. The molecule has 6 heteroatoms. The van der Waals surface area contributed by atoms with Gasteiger partial charge in [-0.2, -0.15) is 0 Å². The lowest BCUT2D eigenvalue weighted by Crippen LogP contribution is -2.11. The molecular formula is C10H12Cl2N2O2. The molecule has 1 aromatic carbocycles. The van der Waals surface area contributed by atoms with E-state index in [0.717, 1.165) is 0 Å². The highest BCUT2D eigenvalue weighted by atomic mass is 35.5. The number of rotatable bonds is 4. The van der Waals surface area contributed by atoms with Gasteiger partial charge in [-0.25, -0.2) is 0 Å². The highest BCUT2D eigenvalue weighted by Gasteiger charge is 2.18. The van der Waals surface area contributed by atoms with Crippen molar-refractivity contribution in [2.75, 3.05) is 0 Å². The molecule has 0 bridgehead atoms. The molecule has 0 fully saturated rings. The monoisotopic (exact) mass is 262 g/mol. The predicted molar refractivity (Wildman–Crippen MR) is 67.1 cm³/mol. The van der Waals surface area contributed by atoms with Crippen LogP contribution < -0.4 is 5.73 Å². The molecule has 2 N–H and O–H groups in total. The Morgan fingerprint density at radius 2 is 2.25 bits per heavy atom. The normalized spacial score (nSPS) is 11.4. The molecule has 0 aliphatic carbocycles. The minimum Gasteiger partial charge on any atom is -0.323 e. The van der Waals surface area contributed by atoms with Gasteiger partial charge in [0, 0.05) is 22.7 Å². The summed E-state index contributed by atoms with van der Waals surface area (Å²) in [6, 6.07) is 3.92. The first kappa shape index (κ1) is 14.9. The number of nitro groups is 1. The van der Waals surface area contributed by atoms with E-state index in [1.54, 1.807) is 6.08 Å². The summed E-state index contributed by atoms with van der Waals surface area (Å²) in [6.07, 6.45) is 2.09. The highest BCUT2D eigenvalue weighted by molar-refractivity contribution is 6.30. The van der Waals surface area contributed by atoms with Crippen molar-refractivity contribution >= 4 is 29.7 Å². The van der Waals surface area contributed by atoms with Crippen molar-refractivity contribution < 1.29 is 4.92 Å². The maximum Gasteiger partial charge on any atom is 0.274 e. The van der Waals surface area contributed by atoms with Gasteiger partial charge < -0.3 is 5.73 Å². The minimum atomic E-state index is -0.464. The average molecular weight is 263 g/mol. The van der Waals surface area contributed by atoms with Crippen LogP contribution in [0.15, 0.2) is 30.9 Å². The zero-order chi connectivity index (χ0) is 11.4. The average Bonchev–Trinajstić information content (AvgIpc) is 2.17. The van der Waals surface area contributed by atoms with E-state index in [1.165, 1.54) is 18.2 Å². The van der Waals surface area contributed by atoms with Crippen molar-refractivity contribution in [1.29, 1.82) is 0 Å². The summed E-state index contributed by atoms with van der Waals surface area (Å²) in [4.78, 5) is 10.3. The number of halogens is 2. The molecule has 0 aromatic heterocycles.